The summed E-state index contributed by atoms with van der Waals surface area (Å²) >= 11 is 0. The molecule has 4 nitrogen and oxygen atoms in total. The Morgan fingerprint density at radius 1 is 1.00 bits per heavy atom. The van der Waals surface area contributed by atoms with E-state index < -0.39 is 15.2 Å². The first kappa shape index (κ1) is 18.7. The number of amides is 1. The van der Waals surface area contributed by atoms with Crippen molar-refractivity contribution in [2.45, 2.75) is 69.6 Å². The third-order valence-electron chi connectivity index (χ3n) is 4.61. The minimum absolute atomic E-state index is 0.261. The Morgan fingerprint density at radius 2 is 1.62 bits per heavy atom. The molecule has 1 unspecified atom stereocenters. The molecule has 1 aliphatic heterocycles. The lowest BCUT2D eigenvalue weighted by Gasteiger charge is -2.17. The second-order valence-corrected chi connectivity index (χ2v) is 8.56. The molecular formula is C19H27NO3S. The van der Waals surface area contributed by atoms with Gasteiger partial charge in [-0.1, -0.05) is 50.3 Å². The lowest BCUT2D eigenvalue weighted by Crippen LogP contribution is -2.36. The summed E-state index contributed by atoms with van der Waals surface area (Å²) in [6.45, 7) is 5.80. The molecule has 1 heterocycles. The Kier molecular flexibility index (Phi) is 6.21. The third-order valence-corrected chi connectivity index (χ3v) is 6.56. The van der Waals surface area contributed by atoms with E-state index in [9.17, 15) is 13.2 Å². The highest BCUT2D eigenvalue weighted by Gasteiger charge is 2.38. The van der Waals surface area contributed by atoms with Gasteiger partial charge in [0.2, 0.25) is 15.7 Å². The highest BCUT2D eigenvalue weighted by Crippen LogP contribution is 2.30. The SMILES string of the molecule is CCCCCCCC1=C(C)C(=O)NC1S(=O)(=O)c1ccc(C)cc1. The molecule has 0 spiro atoms. The van der Waals surface area contributed by atoms with Crippen LogP contribution in [0, 0.1) is 6.92 Å². The predicted molar refractivity (Wildman–Crippen MR) is 96.4 cm³/mol. The standard InChI is InChI=1S/C19H27NO3S/c1-4-5-6-7-8-9-17-15(3)18(21)20-19(17)24(22,23)16-12-10-14(2)11-13-16/h10-13,19H,4-9H2,1-3H3,(H,20,21). The molecule has 0 saturated carbocycles. The molecule has 0 aromatic heterocycles. The summed E-state index contributed by atoms with van der Waals surface area (Å²) in [5.41, 5.74) is 2.30. The fourth-order valence-electron chi connectivity index (χ4n) is 3.02. The summed E-state index contributed by atoms with van der Waals surface area (Å²) < 4.78 is 25.9. The van der Waals surface area contributed by atoms with Crippen LogP contribution >= 0.6 is 0 Å². The van der Waals surface area contributed by atoms with Gasteiger partial charge in [-0.25, -0.2) is 8.42 Å². The fourth-order valence-corrected chi connectivity index (χ4v) is 4.74. The first-order valence-corrected chi connectivity index (χ1v) is 10.2. The van der Waals surface area contributed by atoms with E-state index in [1.807, 2.05) is 6.92 Å². The van der Waals surface area contributed by atoms with Gasteiger partial charge in [-0.15, -0.1) is 0 Å². The van der Waals surface area contributed by atoms with Gasteiger partial charge in [0, 0.05) is 5.57 Å². The molecule has 2 rings (SSSR count). The highest BCUT2D eigenvalue weighted by atomic mass is 32.2. The van der Waals surface area contributed by atoms with Crippen LogP contribution in [0.5, 0.6) is 0 Å². The minimum atomic E-state index is -3.61. The molecule has 1 atom stereocenters. The fraction of sp³-hybridized carbons (Fsp3) is 0.526. The van der Waals surface area contributed by atoms with Gasteiger partial charge >= 0.3 is 0 Å². The van der Waals surface area contributed by atoms with Crippen molar-refractivity contribution in [3.8, 4) is 0 Å². The van der Waals surface area contributed by atoms with Crippen LogP contribution in [0.25, 0.3) is 0 Å². The predicted octanol–water partition coefficient (Wildman–Crippen LogP) is 3.90. The quantitative estimate of drug-likeness (QED) is 0.724. The van der Waals surface area contributed by atoms with Gasteiger partial charge in [0.05, 0.1) is 4.90 Å². The van der Waals surface area contributed by atoms with E-state index >= 15 is 0 Å². The number of nitrogens with one attached hydrogen (secondary N) is 1. The maximum absolute atomic E-state index is 12.9. The summed E-state index contributed by atoms with van der Waals surface area (Å²) in [5.74, 6) is -0.265. The van der Waals surface area contributed by atoms with Crippen molar-refractivity contribution in [3.05, 3.63) is 41.0 Å². The van der Waals surface area contributed by atoms with Gasteiger partial charge in [-0.2, -0.15) is 0 Å². The highest BCUT2D eigenvalue weighted by molar-refractivity contribution is 7.92. The molecular weight excluding hydrogens is 322 g/mol. The molecule has 5 heteroatoms. The van der Waals surface area contributed by atoms with E-state index in [1.54, 1.807) is 31.2 Å². The lowest BCUT2D eigenvalue weighted by molar-refractivity contribution is -0.116. The number of aryl methyl sites for hydroxylation is 1. The van der Waals surface area contributed by atoms with Crippen LogP contribution in [-0.4, -0.2) is 19.7 Å². The van der Waals surface area contributed by atoms with E-state index in [4.69, 9.17) is 0 Å². The second-order valence-electron chi connectivity index (χ2n) is 6.53. The average Bonchev–Trinajstić information content (AvgIpc) is 2.84. The van der Waals surface area contributed by atoms with Crippen LogP contribution < -0.4 is 5.32 Å². The minimum Gasteiger partial charge on any atom is -0.332 e. The lowest BCUT2D eigenvalue weighted by atomic mass is 10.0. The molecule has 0 aliphatic carbocycles. The van der Waals surface area contributed by atoms with Gasteiger partial charge < -0.3 is 5.32 Å². The maximum Gasteiger partial charge on any atom is 0.248 e. The monoisotopic (exact) mass is 349 g/mol. The van der Waals surface area contributed by atoms with Crippen molar-refractivity contribution in [3.63, 3.8) is 0 Å². The Bertz CT molecular complexity index is 717. The van der Waals surface area contributed by atoms with Gasteiger partial charge in [0.25, 0.3) is 0 Å². The summed E-state index contributed by atoms with van der Waals surface area (Å²) in [6.07, 6.45) is 6.16. The Balaban J connectivity index is 2.18. The van der Waals surface area contributed by atoms with Crippen molar-refractivity contribution in [2.24, 2.45) is 0 Å². The molecule has 0 fully saturated rings. The molecule has 0 bridgehead atoms. The van der Waals surface area contributed by atoms with Gasteiger partial charge in [0.1, 0.15) is 0 Å². The average molecular weight is 349 g/mol. The van der Waals surface area contributed by atoms with Gasteiger partial charge in [-0.05, 0) is 44.4 Å². The van der Waals surface area contributed by atoms with E-state index in [0.29, 0.717) is 12.0 Å². The van der Waals surface area contributed by atoms with Crippen LogP contribution in [0.4, 0.5) is 0 Å². The molecule has 132 valence electrons. The number of rotatable bonds is 8. The zero-order valence-corrected chi connectivity index (χ0v) is 15.6. The van der Waals surface area contributed by atoms with E-state index in [1.165, 1.54) is 12.8 Å². The van der Waals surface area contributed by atoms with Gasteiger partial charge in [-0.3, -0.25) is 4.79 Å². The van der Waals surface area contributed by atoms with Crippen molar-refractivity contribution < 1.29 is 13.2 Å². The van der Waals surface area contributed by atoms with Crippen molar-refractivity contribution in [1.29, 1.82) is 0 Å². The molecule has 1 aromatic rings. The van der Waals surface area contributed by atoms with Crippen LogP contribution in [0.15, 0.2) is 40.3 Å². The molecule has 1 aliphatic rings. The number of hydrogen-bond acceptors (Lipinski definition) is 3. The Labute approximate surface area is 145 Å². The molecule has 24 heavy (non-hydrogen) atoms. The summed E-state index contributed by atoms with van der Waals surface area (Å²) in [7, 11) is -3.61. The van der Waals surface area contributed by atoms with Crippen LogP contribution in [0.2, 0.25) is 0 Å². The van der Waals surface area contributed by atoms with E-state index in [2.05, 4.69) is 12.2 Å². The number of carbonyl (C=O) groups is 1. The Hall–Kier alpha value is -1.62. The largest absolute Gasteiger partial charge is 0.332 e. The first-order valence-electron chi connectivity index (χ1n) is 8.69. The topological polar surface area (TPSA) is 63.2 Å². The number of hydrogen-bond donors (Lipinski definition) is 1. The zero-order chi connectivity index (χ0) is 17.7. The normalized spacial score (nSPS) is 18.1. The number of benzene rings is 1. The molecule has 1 amide bonds. The van der Waals surface area contributed by atoms with Crippen LogP contribution in [0.3, 0.4) is 0 Å². The van der Waals surface area contributed by atoms with Crippen molar-refractivity contribution >= 4 is 15.7 Å². The number of carbonyl (C=O) groups excluding carboxylic acids is 1. The number of unbranched alkanes of at least 4 members (excludes halogenated alkanes) is 4. The maximum atomic E-state index is 12.9. The van der Waals surface area contributed by atoms with Gasteiger partial charge in [0.15, 0.2) is 5.37 Å². The first-order chi connectivity index (χ1) is 11.4. The molecule has 0 radical (unpaired) electrons. The summed E-state index contributed by atoms with van der Waals surface area (Å²) in [5, 5.41) is 1.74. The molecule has 0 saturated heterocycles. The Morgan fingerprint density at radius 3 is 2.25 bits per heavy atom. The third kappa shape index (κ3) is 4.07. The zero-order valence-electron chi connectivity index (χ0n) is 14.8. The number of sulfone groups is 1. The van der Waals surface area contributed by atoms with Crippen LogP contribution in [-0.2, 0) is 14.6 Å². The van der Waals surface area contributed by atoms with Crippen molar-refractivity contribution in [1.82, 2.24) is 5.32 Å². The summed E-state index contributed by atoms with van der Waals surface area (Å²) in [6, 6.07) is 6.79. The smallest absolute Gasteiger partial charge is 0.248 e. The molecule has 1 N–H and O–H groups in total. The molecule has 1 aromatic carbocycles. The van der Waals surface area contributed by atoms with E-state index in [0.717, 1.165) is 30.4 Å². The van der Waals surface area contributed by atoms with Crippen LogP contribution in [0.1, 0.15) is 57.9 Å². The second kappa shape index (κ2) is 7.97. The van der Waals surface area contributed by atoms with Crippen molar-refractivity contribution in [2.75, 3.05) is 0 Å². The van der Waals surface area contributed by atoms with E-state index in [-0.39, 0.29) is 10.8 Å². The summed E-state index contributed by atoms with van der Waals surface area (Å²) in [4.78, 5) is 12.3.